The van der Waals surface area contributed by atoms with E-state index in [1.807, 2.05) is 0 Å². The Morgan fingerprint density at radius 1 is 1.44 bits per heavy atom. The van der Waals surface area contributed by atoms with Crippen LogP contribution in [0.15, 0.2) is 24.3 Å². The first-order valence-electron chi connectivity index (χ1n) is 5.88. The first kappa shape index (κ1) is 12.5. The van der Waals surface area contributed by atoms with Crippen LogP contribution in [0.5, 0.6) is 0 Å². The molecule has 0 radical (unpaired) electrons. The third-order valence-corrected chi connectivity index (χ3v) is 2.94. The van der Waals surface area contributed by atoms with Crippen LogP contribution in [0.1, 0.15) is 12.0 Å². The van der Waals surface area contributed by atoms with Gasteiger partial charge in [-0.05, 0) is 18.5 Å². The number of rotatable bonds is 4. The van der Waals surface area contributed by atoms with Crippen molar-refractivity contribution in [3.05, 3.63) is 39.9 Å². The molecule has 0 aromatic heterocycles. The smallest absolute Gasteiger partial charge is 0.269 e. The van der Waals surface area contributed by atoms with Crippen LogP contribution < -0.4 is 10.6 Å². The summed E-state index contributed by atoms with van der Waals surface area (Å²) in [4.78, 5) is 21.7. The number of amides is 1. The fourth-order valence-corrected chi connectivity index (χ4v) is 1.98. The molecule has 0 spiro atoms. The summed E-state index contributed by atoms with van der Waals surface area (Å²) in [6.07, 6.45) is 1.21. The maximum Gasteiger partial charge on any atom is 0.269 e. The third-order valence-electron chi connectivity index (χ3n) is 2.94. The summed E-state index contributed by atoms with van der Waals surface area (Å²) in [6.45, 7) is 1.74. The van der Waals surface area contributed by atoms with Crippen molar-refractivity contribution in [2.75, 3.05) is 13.1 Å². The van der Waals surface area contributed by atoms with Gasteiger partial charge in [0.15, 0.2) is 0 Å². The van der Waals surface area contributed by atoms with Gasteiger partial charge in [-0.3, -0.25) is 14.9 Å². The highest BCUT2D eigenvalue weighted by atomic mass is 16.6. The normalized spacial score (nSPS) is 18.6. The van der Waals surface area contributed by atoms with Crippen molar-refractivity contribution in [2.45, 2.75) is 18.9 Å². The van der Waals surface area contributed by atoms with E-state index in [0.717, 1.165) is 25.1 Å². The fraction of sp³-hybridized carbons (Fsp3) is 0.417. The zero-order valence-electron chi connectivity index (χ0n) is 9.89. The van der Waals surface area contributed by atoms with Crippen LogP contribution in [-0.4, -0.2) is 30.0 Å². The molecule has 1 heterocycles. The maximum atomic E-state index is 11.7. The van der Waals surface area contributed by atoms with Gasteiger partial charge in [0.2, 0.25) is 5.91 Å². The van der Waals surface area contributed by atoms with Gasteiger partial charge < -0.3 is 10.6 Å². The second kappa shape index (κ2) is 5.59. The molecule has 1 saturated heterocycles. The minimum atomic E-state index is -0.450. The van der Waals surface area contributed by atoms with E-state index in [2.05, 4.69) is 10.6 Å². The average molecular weight is 249 g/mol. The molecular formula is C12H15N3O3. The number of non-ortho nitro benzene ring substituents is 1. The largest absolute Gasteiger partial charge is 0.352 e. The predicted molar refractivity (Wildman–Crippen MR) is 66.2 cm³/mol. The van der Waals surface area contributed by atoms with Gasteiger partial charge in [0, 0.05) is 24.7 Å². The van der Waals surface area contributed by atoms with Gasteiger partial charge in [0.05, 0.1) is 11.3 Å². The maximum absolute atomic E-state index is 11.7. The standard InChI is InChI=1S/C12H15N3O3/c16-12(14-10-5-6-13-8-10)7-9-1-3-11(4-2-9)15(17)18/h1-4,10,13H,5-8H2,(H,14,16). The minimum absolute atomic E-state index is 0.0409. The van der Waals surface area contributed by atoms with Crippen LogP contribution in [0.3, 0.4) is 0 Å². The van der Waals surface area contributed by atoms with Crippen LogP contribution in [-0.2, 0) is 11.2 Å². The van der Waals surface area contributed by atoms with Crippen LogP contribution in [0.25, 0.3) is 0 Å². The van der Waals surface area contributed by atoms with Gasteiger partial charge in [-0.2, -0.15) is 0 Å². The van der Waals surface area contributed by atoms with E-state index < -0.39 is 4.92 Å². The van der Waals surface area contributed by atoms with E-state index in [4.69, 9.17) is 0 Å². The Balaban J connectivity index is 1.88. The number of nitrogens with zero attached hydrogens (tertiary/aromatic N) is 1. The topological polar surface area (TPSA) is 84.3 Å². The van der Waals surface area contributed by atoms with E-state index >= 15 is 0 Å². The Bertz CT molecular complexity index is 438. The van der Waals surface area contributed by atoms with Crippen molar-refractivity contribution < 1.29 is 9.72 Å². The van der Waals surface area contributed by atoms with Gasteiger partial charge in [-0.1, -0.05) is 12.1 Å². The Hall–Kier alpha value is -1.95. The molecular weight excluding hydrogens is 234 g/mol. The molecule has 1 atom stereocenters. The number of nitro benzene ring substituents is 1. The summed E-state index contributed by atoms with van der Waals surface area (Å²) >= 11 is 0. The molecule has 1 aliphatic rings. The first-order chi connectivity index (χ1) is 8.65. The van der Waals surface area contributed by atoms with Crippen LogP contribution >= 0.6 is 0 Å². The summed E-state index contributed by atoms with van der Waals surface area (Å²) in [7, 11) is 0. The molecule has 1 amide bonds. The van der Waals surface area contributed by atoms with E-state index in [0.29, 0.717) is 0 Å². The van der Waals surface area contributed by atoms with E-state index in [9.17, 15) is 14.9 Å². The lowest BCUT2D eigenvalue weighted by molar-refractivity contribution is -0.384. The molecule has 1 aromatic carbocycles. The van der Waals surface area contributed by atoms with Gasteiger partial charge in [0.25, 0.3) is 5.69 Å². The zero-order chi connectivity index (χ0) is 13.0. The van der Waals surface area contributed by atoms with Crippen molar-refractivity contribution in [1.82, 2.24) is 10.6 Å². The molecule has 0 aliphatic carbocycles. The number of hydrogen-bond acceptors (Lipinski definition) is 4. The van der Waals surface area contributed by atoms with Crippen LogP contribution in [0, 0.1) is 10.1 Å². The second-order valence-electron chi connectivity index (χ2n) is 4.36. The van der Waals surface area contributed by atoms with Crippen molar-refractivity contribution in [2.24, 2.45) is 0 Å². The summed E-state index contributed by atoms with van der Waals surface area (Å²) in [5.74, 6) is -0.0439. The lowest BCUT2D eigenvalue weighted by atomic mass is 10.1. The number of nitro groups is 1. The lowest BCUT2D eigenvalue weighted by Crippen LogP contribution is -2.37. The summed E-state index contributed by atoms with van der Waals surface area (Å²) < 4.78 is 0. The lowest BCUT2D eigenvalue weighted by Gasteiger charge is -2.10. The highest BCUT2D eigenvalue weighted by Gasteiger charge is 2.16. The van der Waals surface area contributed by atoms with Crippen LogP contribution in [0.2, 0.25) is 0 Å². The minimum Gasteiger partial charge on any atom is -0.352 e. The van der Waals surface area contributed by atoms with Crippen molar-refractivity contribution in [1.29, 1.82) is 0 Å². The molecule has 2 rings (SSSR count). The predicted octanol–water partition coefficient (Wildman–Crippen LogP) is 0.615. The van der Waals surface area contributed by atoms with Gasteiger partial charge in [0.1, 0.15) is 0 Å². The van der Waals surface area contributed by atoms with Crippen molar-refractivity contribution in [3.63, 3.8) is 0 Å². The highest BCUT2D eigenvalue weighted by Crippen LogP contribution is 2.12. The van der Waals surface area contributed by atoms with Gasteiger partial charge in [-0.15, -0.1) is 0 Å². The average Bonchev–Trinajstić information content (AvgIpc) is 2.82. The van der Waals surface area contributed by atoms with E-state index in [1.54, 1.807) is 12.1 Å². The molecule has 18 heavy (non-hydrogen) atoms. The van der Waals surface area contributed by atoms with Crippen LogP contribution in [0.4, 0.5) is 5.69 Å². The molecule has 0 saturated carbocycles. The Labute approximate surface area is 105 Å². The van der Waals surface area contributed by atoms with Gasteiger partial charge >= 0.3 is 0 Å². The molecule has 0 bridgehead atoms. The summed E-state index contributed by atoms with van der Waals surface area (Å²) in [5, 5.41) is 16.6. The Kier molecular flexibility index (Phi) is 3.88. The number of nitrogens with one attached hydrogen (secondary N) is 2. The molecule has 96 valence electrons. The Morgan fingerprint density at radius 3 is 2.72 bits per heavy atom. The molecule has 1 aromatic rings. The number of carbonyl (C=O) groups is 1. The van der Waals surface area contributed by atoms with Crippen molar-refractivity contribution >= 4 is 11.6 Å². The second-order valence-corrected chi connectivity index (χ2v) is 4.36. The van der Waals surface area contributed by atoms with Crippen molar-refractivity contribution in [3.8, 4) is 0 Å². The Morgan fingerprint density at radius 2 is 2.17 bits per heavy atom. The fourth-order valence-electron chi connectivity index (χ4n) is 1.98. The molecule has 6 nitrogen and oxygen atoms in total. The third kappa shape index (κ3) is 3.27. The first-order valence-corrected chi connectivity index (χ1v) is 5.88. The SMILES string of the molecule is O=C(Cc1ccc([N+](=O)[O-])cc1)NC1CCNC1. The molecule has 2 N–H and O–H groups in total. The summed E-state index contributed by atoms with van der Waals surface area (Å²) in [6, 6.07) is 6.27. The zero-order valence-corrected chi connectivity index (χ0v) is 9.89. The van der Waals surface area contributed by atoms with E-state index in [1.165, 1.54) is 12.1 Å². The number of carbonyl (C=O) groups excluding carboxylic acids is 1. The number of hydrogen-bond donors (Lipinski definition) is 2. The van der Waals surface area contributed by atoms with Gasteiger partial charge in [-0.25, -0.2) is 0 Å². The molecule has 1 aliphatic heterocycles. The number of benzene rings is 1. The summed E-state index contributed by atoms with van der Waals surface area (Å²) in [5.41, 5.74) is 0.822. The highest BCUT2D eigenvalue weighted by molar-refractivity contribution is 5.79. The molecule has 1 fully saturated rings. The molecule has 6 heteroatoms. The monoisotopic (exact) mass is 249 g/mol. The molecule has 1 unspecified atom stereocenters. The van der Waals surface area contributed by atoms with E-state index in [-0.39, 0.29) is 24.1 Å². The quantitative estimate of drug-likeness (QED) is 0.605.